The van der Waals surface area contributed by atoms with Gasteiger partial charge >= 0.3 is 0 Å². The molecule has 0 aromatic heterocycles. The van der Waals surface area contributed by atoms with Gasteiger partial charge in [0.05, 0.1) is 7.11 Å². The molecule has 3 nitrogen and oxygen atoms in total. The molecule has 0 spiro atoms. The summed E-state index contributed by atoms with van der Waals surface area (Å²) in [6.45, 7) is 1.46. The minimum absolute atomic E-state index is 0.0942. The highest BCUT2D eigenvalue weighted by atomic mass is 16.5. The van der Waals surface area contributed by atoms with E-state index in [9.17, 15) is 4.79 Å². The fraction of sp³-hybridized carbons (Fsp3) is 0.222. The van der Waals surface area contributed by atoms with Crippen LogP contribution in [0.3, 0.4) is 0 Å². The van der Waals surface area contributed by atoms with Crippen molar-refractivity contribution >= 4 is 11.6 Å². The monoisotopic (exact) mass is 164 g/mol. The fourth-order valence-electron chi connectivity index (χ4n) is 0.843. The molecule has 1 aromatic carbocycles. The van der Waals surface area contributed by atoms with Crippen molar-refractivity contribution in [1.82, 2.24) is 0 Å². The van der Waals surface area contributed by atoms with E-state index < -0.39 is 0 Å². The lowest BCUT2D eigenvalue weighted by molar-refractivity contribution is -0.114. The van der Waals surface area contributed by atoms with Gasteiger partial charge in [0, 0.05) is 24.7 Å². The molecule has 1 radical (unpaired) electrons. The van der Waals surface area contributed by atoms with Gasteiger partial charge in [-0.1, -0.05) is 0 Å². The molecule has 0 aliphatic carbocycles. The summed E-state index contributed by atoms with van der Waals surface area (Å²) < 4.78 is 4.93. The molecule has 0 aliphatic rings. The van der Waals surface area contributed by atoms with E-state index in [-0.39, 0.29) is 5.91 Å². The quantitative estimate of drug-likeness (QED) is 0.718. The zero-order valence-electron chi connectivity index (χ0n) is 7.05. The van der Waals surface area contributed by atoms with E-state index in [1.807, 2.05) is 0 Å². The van der Waals surface area contributed by atoms with Crippen molar-refractivity contribution in [2.75, 3.05) is 12.4 Å². The first-order valence-electron chi connectivity index (χ1n) is 3.55. The molecule has 0 saturated carbocycles. The second-order valence-electron chi connectivity index (χ2n) is 2.33. The molecule has 0 bridgehead atoms. The highest BCUT2D eigenvalue weighted by Gasteiger charge is 1.96. The van der Waals surface area contributed by atoms with Crippen molar-refractivity contribution in [2.45, 2.75) is 6.92 Å². The smallest absolute Gasteiger partial charge is 0.221 e. The lowest BCUT2D eigenvalue weighted by Gasteiger charge is -2.03. The molecule has 1 amide bonds. The molecule has 12 heavy (non-hydrogen) atoms. The predicted molar refractivity (Wildman–Crippen MR) is 46.1 cm³/mol. The van der Waals surface area contributed by atoms with Crippen molar-refractivity contribution in [3.8, 4) is 5.75 Å². The topological polar surface area (TPSA) is 38.3 Å². The molecular weight excluding hydrogens is 154 g/mol. The van der Waals surface area contributed by atoms with Gasteiger partial charge in [0.1, 0.15) is 5.75 Å². The van der Waals surface area contributed by atoms with Crippen LogP contribution in [-0.2, 0) is 4.79 Å². The number of carbonyl (C=O) groups excluding carboxylic acids is 1. The van der Waals surface area contributed by atoms with Crippen molar-refractivity contribution in [2.24, 2.45) is 0 Å². The standard InChI is InChI=1S/C9H10NO2/c1-7(11)10-8-4-3-5-9(6-8)12-2/h3-4,6H,1-2H3,(H,10,11). The van der Waals surface area contributed by atoms with Gasteiger partial charge in [-0.2, -0.15) is 0 Å². The Hall–Kier alpha value is -1.51. The Balaban J connectivity index is 2.79. The molecule has 0 saturated heterocycles. The molecule has 3 heteroatoms. The number of hydrogen-bond acceptors (Lipinski definition) is 2. The highest BCUT2D eigenvalue weighted by molar-refractivity contribution is 5.88. The molecule has 0 heterocycles. The van der Waals surface area contributed by atoms with E-state index >= 15 is 0 Å². The number of carbonyl (C=O) groups is 1. The van der Waals surface area contributed by atoms with Crippen LogP contribution < -0.4 is 10.1 Å². The maximum Gasteiger partial charge on any atom is 0.221 e. The van der Waals surface area contributed by atoms with Crippen LogP contribution in [0.4, 0.5) is 5.69 Å². The lowest BCUT2D eigenvalue weighted by atomic mass is 10.3. The molecular formula is C9H10NO2. The van der Waals surface area contributed by atoms with E-state index in [0.29, 0.717) is 5.75 Å². The SMILES string of the molecule is COc1[c]ccc(NC(C)=O)c1. The minimum atomic E-state index is -0.0942. The van der Waals surface area contributed by atoms with Crippen LogP contribution in [0.25, 0.3) is 0 Å². The van der Waals surface area contributed by atoms with Gasteiger partial charge in [0.15, 0.2) is 0 Å². The van der Waals surface area contributed by atoms with Crippen molar-refractivity contribution in [1.29, 1.82) is 0 Å². The van der Waals surface area contributed by atoms with Gasteiger partial charge in [-0.25, -0.2) is 0 Å². The maximum absolute atomic E-state index is 10.7. The van der Waals surface area contributed by atoms with Crippen LogP contribution in [0.2, 0.25) is 0 Å². The van der Waals surface area contributed by atoms with Gasteiger partial charge in [0.25, 0.3) is 0 Å². The molecule has 0 atom stereocenters. The summed E-state index contributed by atoms with van der Waals surface area (Å²) in [5.74, 6) is 0.518. The summed E-state index contributed by atoms with van der Waals surface area (Å²) in [6, 6.07) is 8.02. The first kappa shape index (κ1) is 8.59. The zero-order valence-corrected chi connectivity index (χ0v) is 7.05. The summed E-state index contributed by atoms with van der Waals surface area (Å²) >= 11 is 0. The van der Waals surface area contributed by atoms with E-state index in [2.05, 4.69) is 11.4 Å². The Bertz CT molecular complexity index is 284. The summed E-state index contributed by atoms with van der Waals surface area (Å²) in [5, 5.41) is 2.64. The number of rotatable bonds is 2. The molecule has 0 fully saturated rings. The molecule has 63 valence electrons. The number of amides is 1. The highest BCUT2D eigenvalue weighted by Crippen LogP contribution is 2.15. The largest absolute Gasteiger partial charge is 0.496 e. The number of benzene rings is 1. The van der Waals surface area contributed by atoms with Gasteiger partial charge in [0.2, 0.25) is 5.91 Å². The number of hydrogen-bond donors (Lipinski definition) is 1. The van der Waals surface area contributed by atoms with E-state index in [4.69, 9.17) is 4.74 Å². The van der Waals surface area contributed by atoms with E-state index in [1.54, 1.807) is 25.3 Å². The Morgan fingerprint density at radius 2 is 2.42 bits per heavy atom. The Morgan fingerprint density at radius 3 is 3.00 bits per heavy atom. The van der Waals surface area contributed by atoms with Crippen LogP contribution in [-0.4, -0.2) is 13.0 Å². The fourth-order valence-corrected chi connectivity index (χ4v) is 0.843. The molecule has 0 aliphatic heterocycles. The van der Waals surface area contributed by atoms with Crippen molar-refractivity contribution in [3.63, 3.8) is 0 Å². The Morgan fingerprint density at radius 1 is 1.67 bits per heavy atom. The summed E-state index contributed by atoms with van der Waals surface area (Å²) in [5.41, 5.74) is 0.720. The zero-order chi connectivity index (χ0) is 8.97. The Labute approximate surface area is 71.4 Å². The second-order valence-corrected chi connectivity index (χ2v) is 2.33. The van der Waals surface area contributed by atoms with Crippen LogP contribution in [0, 0.1) is 6.07 Å². The number of ether oxygens (including phenoxy) is 1. The molecule has 1 N–H and O–H groups in total. The number of nitrogens with one attached hydrogen (secondary N) is 1. The summed E-state index contributed by atoms with van der Waals surface area (Å²) in [4.78, 5) is 10.7. The number of anilines is 1. The minimum Gasteiger partial charge on any atom is -0.496 e. The normalized spacial score (nSPS) is 9.17. The number of methoxy groups -OCH3 is 1. The molecule has 1 rings (SSSR count). The van der Waals surface area contributed by atoms with Gasteiger partial charge < -0.3 is 10.1 Å². The maximum atomic E-state index is 10.7. The summed E-state index contributed by atoms with van der Waals surface area (Å²) in [7, 11) is 1.56. The van der Waals surface area contributed by atoms with Crippen LogP contribution >= 0.6 is 0 Å². The third-order valence-corrected chi connectivity index (χ3v) is 1.32. The molecule has 1 aromatic rings. The predicted octanol–water partition coefficient (Wildman–Crippen LogP) is 1.45. The summed E-state index contributed by atoms with van der Waals surface area (Å²) in [6.07, 6.45) is 0. The van der Waals surface area contributed by atoms with Gasteiger partial charge in [-0.05, 0) is 12.1 Å². The average molecular weight is 164 g/mol. The second kappa shape index (κ2) is 3.76. The van der Waals surface area contributed by atoms with Crippen molar-refractivity contribution < 1.29 is 9.53 Å². The van der Waals surface area contributed by atoms with Crippen LogP contribution in [0.15, 0.2) is 18.2 Å². The lowest BCUT2D eigenvalue weighted by Crippen LogP contribution is -2.05. The van der Waals surface area contributed by atoms with E-state index in [0.717, 1.165) is 5.69 Å². The van der Waals surface area contributed by atoms with Crippen LogP contribution in [0.5, 0.6) is 5.75 Å². The first-order chi connectivity index (χ1) is 5.72. The average Bonchev–Trinajstić information content (AvgIpc) is 2.03. The third-order valence-electron chi connectivity index (χ3n) is 1.32. The third kappa shape index (κ3) is 2.27. The van der Waals surface area contributed by atoms with Crippen molar-refractivity contribution in [3.05, 3.63) is 24.3 Å². The first-order valence-corrected chi connectivity index (χ1v) is 3.55. The van der Waals surface area contributed by atoms with Gasteiger partial charge in [-0.15, -0.1) is 0 Å². The molecule has 0 unspecified atom stereocenters. The van der Waals surface area contributed by atoms with E-state index in [1.165, 1.54) is 6.92 Å². The van der Waals surface area contributed by atoms with Crippen LogP contribution in [0.1, 0.15) is 6.92 Å². The van der Waals surface area contributed by atoms with Gasteiger partial charge in [-0.3, -0.25) is 4.79 Å². The Kier molecular flexibility index (Phi) is 2.69.